The van der Waals surface area contributed by atoms with Crippen LogP contribution in [0.4, 0.5) is 0 Å². The summed E-state index contributed by atoms with van der Waals surface area (Å²) in [5, 5.41) is 9.95. The zero-order valence-corrected chi connectivity index (χ0v) is 9.88. The van der Waals surface area contributed by atoms with Gasteiger partial charge in [0.05, 0.1) is 6.10 Å². The van der Waals surface area contributed by atoms with Gasteiger partial charge < -0.3 is 5.11 Å². The summed E-state index contributed by atoms with van der Waals surface area (Å²) in [4.78, 5) is 0. The van der Waals surface area contributed by atoms with Crippen LogP contribution in [0.25, 0.3) is 0 Å². The number of aliphatic hydroxyl groups is 1. The van der Waals surface area contributed by atoms with Crippen molar-refractivity contribution in [3.8, 4) is 0 Å². The third-order valence-corrected chi connectivity index (χ3v) is 3.29. The Kier molecular flexibility index (Phi) is 2.59. The molecule has 0 spiro atoms. The molecule has 1 nitrogen and oxygen atoms in total. The fraction of sp³-hybridized carbons (Fsp3) is 0.571. The van der Waals surface area contributed by atoms with Gasteiger partial charge in [-0.25, -0.2) is 0 Å². The smallest absolute Gasteiger partial charge is 0.0792 e. The Morgan fingerprint density at radius 3 is 2.67 bits per heavy atom. The highest BCUT2D eigenvalue weighted by Crippen LogP contribution is 2.33. The fourth-order valence-corrected chi connectivity index (χ4v) is 2.24. The maximum Gasteiger partial charge on any atom is 0.0792 e. The first-order valence-corrected chi connectivity index (χ1v) is 5.80. The number of aliphatic hydroxyl groups excluding tert-OH is 1. The van der Waals surface area contributed by atoms with Gasteiger partial charge in [0, 0.05) is 0 Å². The van der Waals surface area contributed by atoms with E-state index in [1.54, 1.807) is 0 Å². The van der Waals surface area contributed by atoms with Crippen LogP contribution in [0.3, 0.4) is 0 Å². The summed E-state index contributed by atoms with van der Waals surface area (Å²) in [6.45, 7) is 6.64. The minimum atomic E-state index is -0.240. The van der Waals surface area contributed by atoms with Gasteiger partial charge in [-0.2, -0.15) is 0 Å². The molecule has 0 heterocycles. The average Bonchev–Trinajstić information content (AvgIpc) is 2.16. The second kappa shape index (κ2) is 3.64. The molecular weight excluding hydrogens is 184 g/mol. The Labute approximate surface area is 92.1 Å². The molecule has 1 heteroatoms. The molecule has 0 fully saturated rings. The topological polar surface area (TPSA) is 20.2 Å². The molecule has 2 rings (SSSR count). The third-order valence-electron chi connectivity index (χ3n) is 3.29. The van der Waals surface area contributed by atoms with E-state index in [2.05, 4.69) is 39.0 Å². The molecule has 0 aliphatic heterocycles. The van der Waals surface area contributed by atoms with E-state index in [1.807, 2.05) is 0 Å². The van der Waals surface area contributed by atoms with E-state index >= 15 is 0 Å². The second-order valence-electron chi connectivity index (χ2n) is 5.57. The molecule has 0 bridgehead atoms. The first kappa shape index (κ1) is 10.7. The monoisotopic (exact) mass is 204 g/mol. The highest BCUT2D eigenvalue weighted by atomic mass is 16.3. The zero-order valence-electron chi connectivity index (χ0n) is 9.88. The number of fused-ring (bicyclic) bond motifs is 1. The van der Waals surface area contributed by atoms with Crippen LogP contribution in [0.15, 0.2) is 18.2 Å². The van der Waals surface area contributed by atoms with E-state index in [0.717, 1.165) is 24.8 Å². The maximum atomic E-state index is 9.95. The van der Waals surface area contributed by atoms with Crippen LogP contribution in [-0.4, -0.2) is 5.11 Å². The molecule has 0 saturated carbocycles. The van der Waals surface area contributed by atoms with Gasteiger partial charge in [-0.1, -0.05) is 39.0 Å². The molecule has 15 heavy (non-hydrogen) atoms. The molecule has 0 amide bonds. The fourth-order valence-electron chi connectivity index (χ4n) is 2.24. The number of aryl methyl sites for hydroxylation is 1. The lowest BCUT2D eigenvalue weighted by Gasteiger charge is -2.26. The van der Waals surface area contributed by atoms with Crippen molar-refractivity contribution in [2.75, 3.05) is 0 Å². The van der Waals surface area contributed by atoms with Gasteiger partial charge >= 0.3 is 0 Å². The summed E-state index contributed by atoms with van der Waals surface area (Å²) in [5.41, 5.74) is 3.99. The first-order chi connectivity index (χ1) is 6.98. The van der Waals surface area contributed by atoms with Gasteiger partial charge in [0.1, 0.15) is 0 Å². The normalized spacial score (nSPS) is 21.2. The van der Waals surface area contributed by atoms with E-state index in [-0.39, 0.29) is 11.5 Å². The van der Waals surface area contributed by atoms with E-state index in [4.69, 9.17) is 0 Å². The molecule has 1 atom stereocenters. The molecule has 1 aromatic carbocycles. The van der Waals surface area contributed by atoms with E-state index in [9.17, 15) is 5.11 Å². The zero-order chi connectivity index (χ0) is 11.1. The van der Waals surface area contributed by atoms with Gasteiger partial charge in [0.2, 0.25) is 0 Å². The highest BCUT2D eigenvalue weighted by molar-refractivity contribution is 5.37. The summed E-state index contributed by atoms with van der Waals surface area (Å²) < 4.78 is 0. The Bertz CT molecular complexity index is 360. The Balaban J connectivity index is 2.44. The molecule has 1 N–H and O–H groups in total. The lowest BCUT2D eigenvalue weighted by Crippen LogP contribution is -2.15. The summed E-state index contributed by atoms with van der Waals surface area (Å²) in [7, 11) is 0. The molecule has 1 aliphatic rings. The second-order valence-corrected chi connectivity index (χ2v) is 5.57. The van der Waals surface area contributed by atoms with Crippen molar-refractivity contribution in [1.29, 1.82) is 0 Å². The molecule has 82 valence electrons. The van der Waals surface area contributed by atoms with E-state index in [1.165, 1.54) is 11.1 Å². The maximum absolute atomic E-state index is 9.95. The van der Waals surface area contributed by atoms with Gasteiger partial charge in [-0.05, 0) is 41.4 Å². The first-order valence-electron chi connectivity index (χ1n) is 5.80. The van der Waals surface area contributed by atoms with Crippen LogP contribution in [0, 0.1) is 0 Å². The molecular formula is C14H20O. The summed E-state index contributed by atoms with van der Waals surface area (Å²) in [6.07, 6.45) is 2.91. The van der Waals surface area contributed by atoms with Crippen LogP contribution in [0.5, 0.6) is 0 Å². The van der Waals surface area contributed by atoms with Crippen molar-refractivity contribution in [1.82, 2.24) is 0 Å². The van der Waals surface area contributed by atoms with Crippen LogP contribution in [0.2, 0.25) is 0 Å². The molecule has 1 aromatic rings. The van der Waals surface area contributed by atoms with Gasteiger partial charge in [0.15, 0.2) is 0 Å². The van der Waals surface area contributed by atoms with Crippen molar-refractivity contribution in [3.05, 3.63) is 34.9 Å². The third kappa shape index (κ3) is 2.07. The molecule has 1 aliphatic carbocycles. The predicted octanol–water partition coefficient (Wildman–Crippen LogP) is 3.35. The van der Waals surface area contributed by atoms with Crippen LogP contribution < -0.4 is 0 Å². The molecule has 0 aromatic heterocycles. The average molecular weight is 204 g/mol. The number of hydrogen-bond acceptors (Lipinski definition) is 1. The summed E-state index contributed by atoms with van der Waals surface area (Å²) >= 11 is 0. The van der Waals surface area contributed by atoms with Crippen LogP contribution in [-0.2, 0) is 11.8 Å². The molecule has 0 unspecified atom stereocenters. The van der Waals surface area contributed by atoms with Crippen LogP contribution >= 0.6 is 0 Å². The summed E-state index contributed by atoms with van der Waals surface area (Å²) in [6, 6.07) is 6.59. The van der Waals surface area contributed by atoms with Crippen molar-refractivity contribution >= 4 is 0 Å². The lowest BCUT2D eigenvalue weighted by molar-refractivity contribution is 0.156. The number of rotatable bonds is 0. The quantitative estimate of drug-likeness (QED) is 0.687. The van der Waals surface area contributed by atoms with E-state index < -0.39 is 0 Å². The Morgan fingerprint density at radius 1 is 1.27 bits per heavy atom. The van der Waals surface area contributed by atoms with E-state index in [0.29, 0.717) is 0 Å². The van der Waals surface area contributed by atoms with Crippen molar-refractivity contribution in [3.63, 3.8) is 0 Å². The minimum Gasteiger partial charge on any atom is -0.388 e. The minimum absolute atomic E-state index is 0.173. The number of hydrogen-bond donors (Lipinski definition) is 1. The van der Waals surface area contributed by atoms with Crippen LogP contribution in [0.1, 0.15) is 56.4 Å². The van der Waals surface area contributed by atoms with Gasteiger partial charge in [0.25, 0.3) is 0 Å². The number of benzene rings is 1. The summed E-state index contributed by atoms with van der Waals surface area (Å²) in [5.74, 6) is 0. The Hall–Kier alpha value is -0.820. The molecule has 0 radical (unpaired) electrons. The standard InChI is InChI=1S/C14H20O/c1-14(2,3)11-8-7-10-5-4-6-13(15)12(10)9-11/h7-9,13,15H,4-6H2,1-3H3/t13-/m0/s1. The highest BCUT2D eigenvalue weighted by Gasteiger charge is 2.21. The SMILES string of the molecule is CC(C)(C)c1ccc2c(c1)[C@@H](O)CCC2. The van der Waals surface area contributed by atoms with Crippen molar-refractivity contribution in [2.45, 2.75) is 51.6 Å². The van der Waals surface area contributed by atoms with Crippen molar-refractivity contribution < 1.29 is 5.11 Å². The van der Waals surface area contributed by atoms with Crippen molar-refractivity contribution in [2.24, 2.45) is 0 Å². The Morgan fingerprint density at radius 2 is 2.00 bits per heavy atom. The van der Waals surface area contributed by atoms with Gasteiger partial charge in [-0.3, -0.25) is 0 Å². The predicted molar refractivity (Wildman–Crippen MR) is 63.0 cm³/mol. The largest absolute Gasteiger partial charge is 0.388 e. The molecule has 0 saturated heterocycles. The lowest BCUT2D eigenvalue weighted by atomic mass is 9.81. The van der Waals surface area contributed by atoms with Gasteiger partial charge in [-0.15, -0.1) is 0 Å².